The third-order valence-electron chi connectivity index (χ3n) is 3.61. The minimum atomic E-state index is -4.51. The van der Waals surface area contributed by atoms with Crippen molar-refractivity contribution in [2.24, 2.45) is 12.0 Å². The van der Waals surface area contributed by atoms with E-state index in [9.17, 15) is 13.2 Å². The average molecular weight is 566 g/mol. The molecule has 0 atom stereocenters. The molecule has 0 radical (unpaired) electrons. The van der Waals surface area contributed by atoms with E-state index in [-0.39, 0.29) is 29.9 Å². The smallest absolute Gasteiger partial charge is 0.357 e. The van der Waals surface area contributed by atoms with Gasteiger partial charge in [-0.25, -0.2) is 15.0 Å². The van der Waals surface area contributed by atoms with Crippen LogP contribution in [0.4, 0.5) is 19.1 Å². The topological polar surface area (TPSA) is 79.2 Å². The quantitative estimate of drug-likeness (QED) is 0.205. The first-order valence-electron chi connectivity index (χ1n) is 8.38. The zero-order valence-electron chi connectivity index (χ0n) is 15.6. The molecule has 0 unspecified atom stereocenters. The summed E-state index contributed by atoms with van der Waals surface area (Å²) in [5.74, 6) is 0.453. The van der Waals surface area contributed by atoms with Crippen molar-refractivity contribution in [1.29, 1.82) is 0 Å². The number of guanidine groups is 1. The first-order chi connectivity index (χ1) is 13.2. The fraction of sp³-hybridized carbons (Fsp3) is 0.438. The Kier molecular flexibility index (Phi) is 10.3. The Morgan fingerprint density at radius 1 is 1.24 bits per heavy atom. The van der Waals surface area contributed by atoms with Crippen molar-refractivity contribution in [2.75, 3.05) is 25.0 Å². The summed E-state index contributed by atoms with van der Waals surface area (Å²) in [6.07, 6.45) is -3.45. The number of halogens is 6. The van der Waals surface area contributed by atoms with Crippen LogP contribution in [0.15, 0.2) is 23.3 Å². The molecule has 2 aromatic heterocycles. The Balaban J connectivity index is 0.00000420. The number of aliphatic imine (C=N–C) groups is 1. The van der Waals surface area contributed by atoms with E-state index in [1.807, 2.05) is 6.92 Å². The molecular weight excluding hydrogens is 545 g/mol. The molecule has 2 aromatic rings. The summed E-state index contributed by atoms with van der Waals surface area (Å²) in [5, 5.41) is 9.79. The van der Waals surface area contributed by atoms with Crippen LogP contribution in [0.2, 0.25) is 10.2 Å². The van der Waals surface area contributed by atoms with Crippen molar-refractivity contribution in [1.82, 2.24) is 25.2 Å². The largest absolute Gasteiger partial charge is 0.433 e. The molecule has 0 aliphatic rings. The third-order valence-corrected chi connectivity index (χ3v) is 4.45. The Morgan fingerprint density at radius 2 is 1.97 bits per heavy atom. The lowest BCUT2D eigenvalue weighted by molar-refractivity contribution is -0.141. The summed E-state index contributed by atoms with van der Waals surface area (Å²) in [4.78, 5) is 11.7. The molecule has 0 spiro atoms. The second-order valence-corrected chi connectivity index (χ2v) is 6.41. The van der Waals surface area contributed by atoms with Gasteiger partial charge in [0.2, 0.25) is 5.95 Å². The second kappa shape index (κ2) is 11.6. The van der Waals surface area contributed by atoms with E-state index in [0.29, 0.717) is 42.3 Å². The molecule has 0 amide bonds. The van der Waals surface area contributed by atoms with E-state index in [0.717, 1.165) is 18.0 Å². The minimum Gasteiger partial charge on any atom is -0.357 e. The maximum absolute atomic E-state index is 12.7. The van der Waals surface area contributed by atoms with E-state index < -0.39 is 11.9 Å². The fourth-order valence-corrected chi connectivity index (χ4v) is 2.62. The Morgan fingerprint density at radius 3 is 2.55 bits per heavy atom. The molecule has 0 saturated carbocycles. The molecule has 7 nitrogen and oxygen atoms in total. The highest BCUT2D eigenvalue weighted by molar-refractivity contribution is 14.0. The molecule has 3 N–H and O–H groups in total. The average Bonchev–Trinajstić information content (AvgIpc) is 2.89. The molecule has 13 heteroatoms. The molecule has 0 aromatic carbocycles. The van der Waals surface area contributed by atoms with E-state index in [4.69, 9.17) is 23.2 Å². The van der Waals surface area contributed by atoms with Crippen LogP contribution < -0.4 is 16.0 Å². The van der Waals surface area contributed by atoms with Gasteiger partial charge in [0.05, 0.1) is 11.6 Å². The van der Waals surface area contributed by atoms with Crippen molar-refractivity contribution in [3.63, 3.8) is 0 Å². The number of alkyl halides is 3. The Bertz CT molecular complexity index is 827. The highest BCUT2D eigenvalue weighted by Gasteiger charge is 2.32. The van der Waals surface area contributed by atoms with Gasteiger partial charge in [0, 0.05) is 38.6 Å². The molecule has 0 bridgehead atoms. The van der Waals surface area contributed by atoms with Gasteiger partial charge in [0.15, 0.2) is 5.96 Å². The lowest BCUT2D eigenvalue weighted by Gasteiger charge is -2.12. The van der Waals surface area contributed by atoms with Crippen LogP contribution in [-0.4, -0.2) is 40.1 Å². The number of rotatable bonds is 7. The first kappa shape index (κ1) is 25.6. The van der Waals surface area contributed by atoms with Crippen molar-refractivity contribution in [3.8, 4) is 0 Å². The van der Waals surface area contributed by atoms with Gasteiger partial charge in [-0.2, -0.15) is 13.2 Å². The van der Waals surface area contributed by atoms with Gasteiger partial charge in [-0.15, -0.1) is 24.0 Å². The van der Waals surface area contributed by atoms with Gasteiger partial charge in [-0.3, -0.25) is 0 Å². The van der Waals surface area contributed by atoms with Gasteiger partial charge >= 0.3 is 6.18 Å². The lowest BCUT2D eigenvalue weighted by atomic mass is 10.4. The molecule has 162 valence electrons. The van der Waals surface area contributed by atoms with Crippen LogP contribution >= 0.6 is 47.2 Å². The van der Waals surface area contributed by atoms with Crippen LogP contribution in [-0.2, 0) is 19.8 Å². The second-order valence-electron chi connectivity index (χ2n) is 5.65. The Hall–Kier alpha value is -1.47. The van der Waals surface area contributed by atoms with Gasteiger partial charge in [0.25, 0.3) is 0 Å². The van der Waals surface area contributed by atoms with Crippen LogP contribution in [0.25, 0.3) is 0 Å². The van der Waals surface area contributed by atoms with Gasteiger partial charge < -0.3 is 20.5 Å². The number of anilines is 1. The molecule has 29 heavy (non-hydrogen) atoms. The van der Waals surface area contributed by atoms with Crippen LogP contribution in [0.5, 0.6) is 0 Å². The molecule has 0 aliphatic heterocycles. The SMILES string of the molecule is CCNC(=NCc1cc(Cl)c(Cl)n1C)NCCNc1nccc(C(F)(F)F)n1.I. The number of nitrogens with zero attached hydrogens (tertiary/aromatic N) is 4. The summed E-state index contributed by atoms with van der Waals surface area (Å²) >= 11 is 12.0. The first-order valence-corrected chi connectivity index (χ1v) is 9.13. The standard InChI is InChI=1S/C16H20Cl2F3N7.HI/c1-3-22-14(26-9-10-8-11(17)13(18)28(10)2)24-6-7-25-15-23-5-4-12(27-15)16(19,20)21;/h4-5,8H,3,6-7,9H2,1-2H3,(H2,22,24,26)(H,23,25,27);1H. The van der Waals surface area contributed by atoms with Crippen molar-refractivity contribution < 1.29 is 13.2 Å². The zero-order chi connectivity index (χ0) is 20.7. The predicted molar refractivity (Wildman–Crippen MR) is 119 cm³/mol. The predicted octanol–water partition coefficient (Wildman–Crippen LogP) is 3.93. The van der Waals surface area contributed by atoms with Crippen LogP contribution in [0.3, 0.4) is 0 Å². The summed E-state index contributed by atoms with van der Waals surface area (Å²) in [7, 11) is 1.79. The number of nitrogens with one attached hydrogen (secondary N) is 3. The number of hydrogen-bond acceptors (Lipinski definition) is 4. The molecule has 0 saturated heterocycles. The van der Waals surface area contributed by atoms with Gasteiger partial charge in [0.1, 0.15) is 10.8 Å². The monoisotopic (exact) mass is 565 g/mol. The van der Waals surface area contributed by atoms with Crippen molar-refractivity contribution in [2.45, 2.75) is 19.6 Å². The van der Waals surface area contributed by atoms with Gasteiger partial charge in [-0.05, 0) is 19.1 Å². The van der Waals surface area contributed by atoms with Crippen LogP contribution in [0.1, 0.15) is 18.3 Å². The van der Waals surface area contributed by atoms with E-state index in [1.165, 1.54) is 0 Å². The number of aromatic nitrogens is 3. The minimum absolute atomic E-state index is 0. The molecular formula is C16H21Cl2F3IN7. The summed E-state index contributed by atoms with van der Waals surface area (Å²) in [6, 6.07) is 2.56. The fourth-order valence-electron chi connectivity index (χ4n) is 2.20. The number of hydrogen-bond donors (Lipinski definition) is 3. The Labute approximate surface area is 193 Å². The van der Waals surface area contributed by atoms with Crippen molar-refractivity contribution >= 4 is 59.1 Å². The molecule has 2 heterocycles. The summed E-state index contributed by atoms with van der Waals surface area (Å²) < 4.78 is 39.7. The highest BCUT2D eigenvalue weighted by atomic mass is 127. The molecule has 0 fully saturated rings. The summed E-state index contributed by atoms with van der Waals surface area (Å²) in [5.41, 5.74) is -0.157. The van der Waals surface area contributed by atoms with E-state index >= 15 is 0 Å². The van der Waals surface area contributed by atoms with Crippen molar-refractivity contribution in [3.05, 3.63) is 39.9 Å². The summed E-state index contributed by atoms with van der Waals surface area (Å²) in [6.45, 7) is 3.60. The lowest BCUT2D eigenvalue weighted by Crippen LogP contribution is -2.39. The van der Waals surface area contributed by atoms with E-state index in [2.05, 4.69) is 30.9 Å². The van der Waals surface area contributed by atoms with Gasteiger partial charge in [-0.1, -0.05) is 23.2 Å². The van der Waals surface area contributed by atoms with Crippen LogP contribution in [0, 0.1) is 0 Å². The molecule has 2 rings (SSSR count). The maximum Gasteiger partial charge on any atom is 0.433 e. The third kappa shape index (κ3) is 7.70. The normalized spacial score (nSPS) is 11.8. The van der Waals surface area contributed by atoms with E-state index in [1.54, 1.807) is 17.7 Å². The highest BCUT2D eigenvalue weighted by Crippen LogP contribution is 2.27. The molecule has 0 aliphatic carbocycles. The zero-order valence-corrected chi connectivity index (χ0v) is 19.5. The maximum atomic E-state index is 12.7.